The monoisotopic (exact) mass is 200 g/mol. The Morgan fingerprint density at radius 2 is 2.36 bits per heavy atom. The summed E-state index contributed by atoms with van der Waals surface area (Å²) in [5.41, 5.74) is 0. The highest BCUT2D eigenvalue weighted by Gasteiger charge is 2.31. The molecular formula is C10H16O4. The Morgan fingerprint density at radius 1 is 1.64 bits per heavy atom. The van der Waals surface area contributed by atoms with E-state index in [0.29, 0.717) is 12.8 Å². The molecular weight excluding hydrogens is 184 g/mol. The van der Waals surface area contributed by atoms with Crippen molar-refractivity contribution in [3.63, 3.8) is 0 Å². The van der Waals surface area contributed by atoms with Gasteiger partial charge in [0.05, 0.1) is 19.1 Å². The third-order valence-corrected chi connectivity index (χ3v) is 2.43. The van der Waals surface area contributed by atoms with E-state index in [0.717, 1.165) is 12.8 Å². The lowest BCUT2D eigenvalue weighted by atomic mass is 9.99. The minimum Gasteiger partial charge on any atom is -0.469 e. The summed E-state index contributed by atoms with van der Waals surface area (Å²) < 4.78 is 9.51. The Hall–Kier alpha value is -1.06. The Kier molecular flexibility index (Phi) is 3.92. The molecule has 0 amide bonds. The van der Waals surface area contributed by atoms with Gasteiger partial charge in [0, 0.05) is 6.42 Å². The van der Waals surface area contributed by atoms with Crippen LogP contribution in [-0.2, 0) is 19.1 Å². The number of cyclic esters (lactones) is 1. The van der Waals surface area contributed by atoms with Crippen LogP contribution in [0.15, 0.2) is 0 Å². The number of ether oxygens (including phenoxy) is 2. The largest absolute Gasteiger partial charge is 0.469 e. The molecule has 80 valence electrons. The minimum absolute atomic E-state index is 0.0188. The van der Waals surface area contributed by atoms with Gasteiger partial charge >= 0.3 is 11.9 Å². The molecule has 0 radical (unpaired) electrons. The molecule has 1 rings (SSSR count). The van der Waals surface area contributed by atoms with Crippen LogP contribution in [0.2, 0.25) is 0 Å². The maximum absolute atomic E-state index is 11.2. The number of hydrogen-bond acceptors (Lipinski definition) is 4. The third kappa shape index (κ3) is 3.01. The van der Waals surface area contributed by atoms with Gasteiger partial charge in [-0.15, -0.1) is 0 Å². The average Bonchev–Trinajstić information content (AvgIpc) is 2.45. The predicted octanol–water partition coefficient (Wildman–Crippen LogP) is 1.28. The van der Waals surface area contributed by atoms with E-state index in [1.165, 1.54) is 7.11 Å². The number of rotatable bonds is 4. The maximum Gasteiger partial charge on any atom is 0.309 e. The average molecular weight is 200 g/mol. The maximum atomic E-state index is 11.2. The van der Waals surface area contributed by atoms with E-state index in [-0.39, 0.29) is 24.0 Å². The van der Waals surface area contributed by atoms with Gasteiger partial charge in [-0.1, -0.05) is 0 Å². The zero-order valence-electron chi connectivity index (χ0n) is 8.62. The van der Waals surface area contributed by atoms with E-state index in [9.17, 15) is 9.59 Å². The summed E-state index contributed by atoms with van der Waals surface area (Å²) in [5, 5.41) is 0. The lowest BCUT2D eigenvalue weighted by Gasteiger charge is -2.03. The number of hydrogen-bond donors (Lipinski definition) is 0. The number of carbonyl (C=O) groups excluding carboxylic acids is 2. The van der Waals surface area contributed by atoms with Gasteiger partial charge in [0.2, 0.25) is 0 Å². The van der Waals surface area contributed by atoms with Crippen LogP contribution >= 0.6 is 0 Å². The van der Waals surface area contributed by atoms with Crippen LogP contribution in [0.4, 0.5) is 0 Å². The van der Waals surface area contributed by atoms with Crippen LogP contribution in [0, 0.1) is 5.92 Å². The molecule has 1 heterocycles. The minimum atomic E-state index is -0.218. The second-order valence-corrected chi connectivity index (χ2v) is 3.65. The molecule has 1 fully saturated rings. The summed E-state index contributed by atoms with van der Waals surface area (Å²) in [4.78, 5) is 22.0. The Labute approximate surface area is 83.6 Å². The van der Waals surface area contributed by atoms with Crippen molar-refractivity contribution in [1.29, 1.82) is 0 Å². The molecule has 0 saturated carbocycles. The molecule has 1 aliphatic rings. The van der Waals surface area contributed by atoms with Crippen molar-refractivity contribution in [2.45, 2.75) is 38.7 Å². The standard InChI is InChI=1S/C10H16O4/c1-7-6-8(10(12)14-7)4-3-5-9(11)13-2/h7-8H,3-6H2,1-2H3. The summed E-state index contributed by atoms with van der Waals surface area (Å²) in [6.45, 7) is 1.89. The van der Waals surface area contributed by atoms with Gasteiger partial charge in [0.1, 0.15) is 0 Å². The third-order valence-electron chi connectivity index (χ3n) is 2.43. The summed E-state index contributed by atoms with van der Waals surface area (Å²) in [7, 11) is 1.37. The second kappa shape index (κ2) is 4.98. The Morgan fingerprint density at radius 3 is 2.86 bits per heavy atom. The molecule has 0 bridgehead atoms. The van der Waals surface area contributed by atoms with Crippen LogP contribution < -0.4 is 0 Å². The quantitative estimate of drug-likeness (QED) is 0.641. The molecule has 0 aromatic rings. The fourth-order valence-electron chi connectivity index (χ4n) is 1.67. The van der Waals surface area contributed by atoms with E-state index >= 15 is 0 Å². The van der Waals surface area contributed by atoms with Crippen LogP contribution in [0.5, 0.6) is 0 Å². The summed E-state index contributed by atoms with van der Waals surface area (Å²) in [6.07, 6.45) is 2.61. The van der Waals surface area contributed by atoms with Crippen molar-refractivity contribution in [3.05, 3.63) is 0 Å². The first-order valence-corrected chi connectivity index (χ1v) is 4.90. The summed E-state index contributed by atoms with van der Waals surface area (Å²) in [5.74, 6) is -0.360. The molecule has 4 nitrogen and oxygen atoms in total. The highest BCUT2D eigenvalue weighted by molar-refractivity contribution is 5.74. The molecule has 0 aliphatic carbocycles. The van der Waals surface area contributed by atoms with E-state index in [1.807, 2.05) is 6.92 Å². The molecule has 0 aromatic carbocycles. The van der Waals surface area contributed by atoms with Crippen LogP contribution in [0.3, 0.4) is 0 Å². The number of carbonyl (C=O) groups is 2. The molecule has 2 atom stereocenters. The van der Waals surface area contributed by atoms with E-state index in [2.05, 4.69) is 4.74 Å². The molecule has 1 saturated heterocycles. The smallest absolute Gasteiger partial charge is 0.309 e. The highest BCUT2D eigenvalue weighted by Crippen LogP contribution is 2.25. The van der Waals surface area contributed by atoms with Crippen molar-refractivity contribution in [1.82, 2.24) is 0 Å². The molecule has 0 spiro atoms. The normalized spacial score (nSPS) is 26.0. The SMILES string of the molecule is COC(=O)CCCC1CC(C)OC1=O. The molecule has 0 N–H and O–H groups in total. The first-order chi connectivity index (χ1) is 6.63. The van der Waals surface area contributed by atoms with Gasteiger partial charge in [-0.05, 0) is 26.2 Å². The zero-order valence-corrected chi connectivity index (χ0v) is 8.62. The van der Waals surface area contributed by atoms with Gasteiger partial charge in [0.15, 0.2) is 0 Å². The van der Waals surface area contributed by atoms with E-state index in [1.54, 1.807) is 0 Å². The molecule has 14 heavy (non-hydrogen) atoms. The topological polar surface area (TPSA) is 52.6 Å². The second-order valence-electron chi connectivity index (χ2n) is 3.65. The van der Waals surface area contributed by atoms with Crippen molar-refractivity contribution in [2.75, 3.05) is 7.11 Å². The van der Waals surface area contributed by atoms with Crippen molar-refractivity contribution >= 4 is 11.9 Å². The van der Waals surface area contributed by atoms with Gasteiger partial charge < -0.3 is 9.47 Å². The Balaban J connectivity index is 2.19. The predicted molar refractivity (Wildman–Crippen MR) is 49.5 cm³/mol. The highest BCUT2D eigenvalue weighted by atomic mass is 16.5. The first kappa shape index (κ1) is 11.0. The molecule has 2 unspecified atom stereocenters. The lowest BCUT2D eigenvalue weighted by Crippen LogP contribution is -2.08. The van der Waals surface area contributed by atoms with Crippen LogP contribution in [-0.4, -0.2) is 25.2 Å². The molecule has 1 aliphatic heterocycles. The number of esters is 2. The first-order valence-electron chi connectivity index (χ1n) is 4.90. The fraction of sp³-hybridized carbons (Fsp3) is 0.800. The van der Waals surface area contributed by atoms with Crippen molar-refractivity contribution < 1.29 is 19.1 Å². The van der Waals surface area contributed by atoms with Gasteiger partial charge in [-0.3, -0.25) is 9.59 Å². The van der Waals surface area contributed by atoms with Crippen LogP contribution in [0.1, 0.15) is 32.6 Å². The van der Waals surface area contributed by atoms with Crippen LogP contribution in [0.25, 0.3) is 0 Å². The summed E-state index contributed by atoms with van der Waals surface area (Å²) in [6, 6.07) is 0. The lowest BCUT2D eigenvalue weighted by molar-refractivity contribution is -0.145. The Bertz CT molecular complexity index is 224. The van der Waals surface area contributed by atoms with Gasteiger partial charge in [-0.2, -0.15) is 0 Å². The van der Waals surface area contributed by atoms with Gasteiger partial charge in [0.25, 0.3) is 0 Å². The summed E-state index contributed by atoms with van der Waals surface area (Å²) >= 11 is 0. The van der Waals surface area contributed by atoms with Crippen molar-refractivity contribution in [2.24, 2.45) is 5.92 Å². The zero-order chi connectivity index (χ0) is 10.6. The molecule has 0 aromatic heterocycles. The fourth-order valence-corrected chi connectivity index (χ4v) is 1.67. The van der Waals surface area contributed by atoms with Gasteiger partial charge in [-0.25, -0.2) is 0 Å². The van der Waals surface area contributed by atoms with E-state index in [4.69, 9.17) is 4.74 Å². The number of methoxy groups -OCH3 is 1. The van der Waals surface area contributed by atoms with E-state index < -0.39 is 0 Å². The van der Waals surface area contributed by atoms with Crippen molar-refractivity contribution in [3.8, 4) is 0 Å². The molecule has 4 heteroatoms.